The summed E-state index contributed by atoms with van der Waals surface area (Å²) in [6.07, 6.45) is 9.41. The summed E-state index contributed by atoms with van der Waals surface area (Å²) in [4.78, 5) is 9.05. The molecular formula is C16H24N4. The summed E-state index contributed by atoms with van der Waals surface area (Å²) in [6.45, 7) is 6.64. The molecule has 1 saturated carbocycles. The topological polar surface area (TPSA) is 56.7 Å². The lowest BCUT2D eigenvalue weighted by atomic mass is 9.81. The number of hydrogen-bond acceptors (Lipinski definition) is 3. The Kier molecular flexibility index (Phi) is 3.09. The average Bonchev–Trinajstić information content (AvgIpc) is 2.79. The zero-order chi connectivity index (χ0) is 14.4. The minimum absolute atomic E-state index is 0.0325. The molecule has 1 aliphatic rings. The Balaban J connectivity index is 2.24. The Morgan fingerprint density at radius 1 is 1.20 bits per heavy atom. The molecule has 0 amide bonds. The first kappa shape index (κ1) is 13.6. The zero-order valence-electron chi connectivity index (χ0n) is 12.7. The molecule has 0 aromatic carbocycles. The maximum absolute atomic E-state index is 6.74. The van der Waals surface area contributed by atoms with Crippen LogP contribution in [0.2, 0.25) is 0 Å². The van der Waals surface area contributed by atoms with Crippen LogP contribution in [0.1, 0.15) is 58.7 Å². The van der Waals surface area contributed by atoms with Crippen LogP contribution < -0.4 is 5.73 Å². The van der Waals surface area contributed by atoms with Gasteiger partial charge in [0.1, 0.15) is 11.3 Å². The molecule has 0 saturated heterocycles. The summed E-state index contributed by atoms with van der Waals surface area (Å²) in [5.41, 5.74) is 8.51. The summed E-state index contributed by atoms with van der Waals surface area (Å²) in [6, 6.07) is 2.04. The average molecular weight is 272 g/mol. The highest BCUT2D eigenvalue weighted by atomic mass is 15.2. The smallest absolute Gasteiger partial charge is 0.130 e. The lowest BCUT2D eigenvalue weighted by Crippen LogP contribution is -2.43. The van der Waals surface area contributed by atoms with E-state index in [1.807, 2.05) is 18.5 Å². The van der Waals surface area contributed by atoms with E-state index in [1.54, 1.807) is 0 Å². The summed E-state index contributed by atoms with van der Waals surface area (Å²) in [5.74, 6) is 1.03. The fourth-order valence-electron chi connectivity index (χ4n) is 3.35. The lowest BCUT2D eigenvalue weighted by molar-refractivity contribution is 0.258. The van der Waals surface area contributed by atoms with E-state index in [4.69, 9.17) is 10.7 Å². The molecule has 2 aromatic rings. The van der Waals surface area contributed by atoms with Gasteiger partial charge < -0.3 is 10.3 Å². The van der Waals surface area contributed by atoms with E-state index >= 15 is 0 Å². The first-order valence-electron chi connectivity index (χ1n) is 7.54. The normalized spacial score (nSPS) is 19.4. The lowest BCUT2D eigenvalue weighted by Gasteiger charge is -2.36. The second kappa shape index (κ2) is 4.55. The van der Waals surface area contributed by atoms with Crippen LogP contribution in [-0.4, -0.2) is 14.5 Å². The van der Waals surface area contributed by atoms with Gasteiger partial charge in [0, 0.05) is 11.7 Å². The number of imidazole rings is 1. The molecule has 0 bridgehead atoms. The summed E-state index contributed by atoms with van der Waals surface area (Å²) in [5, 5.41) is 0. The van der Waals surface area contributed by atoms with Crippen molar-refractivity contribution in [1.29, 1.82) is 0 Å². The molecule has 0 aliphatic heterocycles. The minimum Gasteiger partial charge on any atom is -0.321 e. The number of pyridine rings is 1. The van der Waals surface area contributed by atoms with Crippen molar-refractivity contribution in [2.45, 2.75) is 64.0 Å². The van der Waals surface area contributed by atoms with Gasteiger partial charge >= 0.3 is 0 Å². The van der Waals surface area contributed by atoms with Gasteiger partial charge in [0.15, 0.2) is 0 Å². The number of nitrogens with two attached hydrogens (primary N) is 1. The van der Waals surface area contributed by atoms with Crippen molar-refractivity contribution in [3.63, 3.8) is 0 Å². The maximum atomic E-state index is 6.74. The van der Waals surface area contributed by atoms with Gasteiger partial charge in [-0.3, -0.25) is 4.98 Å². The second-order valence-electron chi connectivity index (χ2n) is 7.02. The van der Waals surface area contributed by atoms with Crippen LogP contribution in [0.3, 0.4) is 0 Å². The molecule has 2 aromatic heterocycles. The zero-order valence-corrected chi connectivity index (χ0v) is 12.7. The molecule has 20 heavy (non-hydrogen) atoms. The van der Waals surface area contributed by atoms with Gasteiger partial charge in [0.2, 0.25) is 0 Å². The number of nitrogens with zero attached hydrogens (tertiary/aromatic N) is 3. The molecule has 4 nitrogen and oxygen atoms in total. The van der Waals surface area contributed by atoms with Gasteiger partial charge in [0.05, 0.1) is 17.3 Å². The largest absolute Gasteiger partial charge is 0.321 e. The third kappa shape index (κ3) is 2.12. The first-order valence-corrected chi connectivity index (χ1v) is 7.54. The third-order valence-electron chi connectivity index (χ3n) is 4.32. The molecule has 4 heteroatoms. The van der Waals surface area contributed by atoms with Crippen LogP contribution in [-0.2, 0) is 11.1 Å². The van der Waals surface area contributed by atoms with Crippen molar-refractivity contribution < 1.29 is 0 Å². The van der Waals surface area contributed by atoms with Crippen LogP contribution in [0.4, 0.5) is 0 Å². The van der Waals surface area contributed by atoms with Gasteiger partial charge in [-0.25, -0.2) is 4.98 Å². The van der Waals surface area contributed by atoms with Gasteiger partial charge in [-0.1, -0.05) is 19.3 Å². The van der Waals surface area contributed by atoms with Crippen molar-refractivity contribution in [3.05, 3.63) is 24.3 Å². The van der Waals surface area contributed by atoms with Gasteiger partial charge in [0.25, 0.3) is 0 Å². The summed E-state index contributed by atoms with van der Waals surface area (Å²) >= 11 is 0. The number of rotatable bonds is 1. The monoisotopic (exact) mass is 272 g/mol. The molecule has 1 aliphatic carbocycles. The van der Waals surface area contributed by atoms with Crippen LogP contribution in [0, 0.1) is 0 Å². The molecule has 0 atom stereocenters. The third-order valence-corrected chi connectivity index (χ3v) is 4.32. The van der Waals surface area contributed by atoms with E-state index in [0.29, 0.717) is 0 Å². The van der Waals surface area contributed by atoms with Gasteiger partial charge in [-0.15, -0.1) is 0 Å². The van der Waals surface area contributed by atoms with Crippen molar-refractivity contribution in [1.82, 2.24) is 14.5 Å². The van der Waals surface area contributed by atoms with Crippen molar-refractivity contribution >= 4 is 11.0 Å². The second-order valence-corrected chi connectivity index (χ2v) is 7.02. The Labute approximate surface area is 120 Å². The first-order chi connectivity index (χ1) is 9.42. The van der Waals surface area contributed by atoms with Crippen LogP contribution in [0.5, 0.6) is 0 Å². The van der Waals surface area contributed by atoms with E-state index in [1.165, 1.54) is 19.3 Å². The van der Waals surface area contributed by atoms with Crippen LogP contribution >= 0.6 is 0 Å². The molecule has 0 radical (unpaired) electrons. The van der Waals surface area contributed by atoms with E-state index in [-0.39, 0.29) is 11.1 Å². The highest BCUT2D eigenvalue weighted by Crippen LogP contribution is 2.38. The fraction of sp³-hybridized carbons (Fsp3) is 0.625. The van der Waals surface area contributed by atoms with E-state index < -0.39 is 0 Å². The van der Waals surface area contributed by atoms with E-state index in [0.717, 1.165) is 29.7 Å². The molecular weight excluding hydrogens is 248 g/mol. The Morgan fingerprint density at radius 2 is 1.90 bits per heavy atom. The molecule has 0 unspecified atom stereocenters. The molecule has 2 heterocycles. The highest BCUT2D eigenvalue weighted by Gasteiger charge is 2.37. The number of fused-ring (bicyclic) bond motifs is 1. The van der Waals surface area contributed by atoms with Crippen LogP contribution in [0.25, 0.3) is 11.0 Å². The molecule has 108 valence electrons. The highest BCUT2D eigenvalue weighted by molar-refractivity contribution is 5.75. The predicted molar refractivity (Wildman–Crippen MR) is 81.5 cm³/mol. The van der Waals surface area contributed by atoms with Crippen molar-refractivity contribution in [2.75, 3.05) is 0 Å². The SMILES string of the molecule is CC(C)(C)n1c(C2(N)CCCCC2)nc2cnccc21. The maximum Gasteiger partial charge on any atom is 0.130 e. The standard InChI is InChI=1S/C16H24N4/c1-15(2,3)20-13-7-10-18-11-12(13)19-14(20)16(17)8-5-4-6-9-16/h7,10-11H,4-6,8-9,17H2,1-3H3. The molecule has 2 N–H and O–H groups in total. The Hall–Kier alpha value is -1.42. The van der Waals surface area contributed by atoms with Gasteiger partial charge in [-0.2, -0.15) is 0 Å². The Bertz CT molecular complexity index is 615. The molecule has 0 spiro atoms. The summed E-state index contributed by atoms with van der Waals surface area (Å²) < 4.78 is 2.31. The fourth-order valence-corrected chi connectivity index (χ4v) is 3.35. The minimum atomic E-state index is -0.287. The van der Waals surface area contributed by atoms with Gasteiger partial charge in [-0.05, 0) is 39.7 Å². The summed E-state index contributed by atoms with van der Waals surface area (Å²) in [7, 11) is 0. The van der Waals surface area contributed by atoms with E-state index in [2.05, 4.69) is 30.3 Å². The van der Waals surface area contributed by atoms with E-state index in [9.17, 15) is 0 Å². The molecule has 3 rings (SSSR count). The predicted octanol–water partition coefficient (Wildman–Crippen LogP) is 3.30. The number of hydrogen-bond donors (Lipinski definition) is 1. The van der Waals surface area contributed by atoms with Crippen molar-refractivity contribution in [2.24, 2.45) is 5.73 Å². The quantitative estimate of drug-likeness (QED) is 0.866. The van der Waals surface area contributed by atoms with Crippen LogP contribution in [0.15, 0.2) is 18.5 Å². The van der Waals surface area contributed by atoms with Crippen molar-refractivity contribution in [3.8, 4) is 0 Å². The Morgan fingerprint density at radius 3 is 2.55 bits per heavy atom. The molecule has 1 fully saturated rings. The number of aromatic nitrogens is 3.